The Kier molecular flexibility index (Phi) is 8.90. The van der Waals surface area contributed by atoms with Gasteiger partial charge in [-0.15, -0.1) is 0 Å². The second kappa shape index (κ2) is 11.4. The van der Waals surface area contributed by atoms with E-state index in [1.807, 2.05) is 36.7 Å². The Hall–Kier alpha value is -3.49. The maximum Gasteiger partial charge on any atom is 0.490 e. The van der Waals surface area contributed by atoms with Crippen molar-refractivity contribution in [2.24, 2.45) is 0 Å². The lowest BCUT2D eigenvalue weighted by atomic mass is 10.0. The molecule has 3 rings (SSSR count). The minimum Gasteiger partial charge on any atom is -0.497 e. The largest absolute Gasteiger partial charge is 0.497 e. The van der Waals surface area contributed by atoms with Gasteiger partial charge in [-0.25, -0.2) is 9.78 Å². The number of aromatic nitrogens is 2. The average Bonchev–Trinajstić information content (AvgIpc) is 3.22. The van der Waals surface area contributed by atoms with Crippen LogP contribution < -0.4 is 9.47 Å². The molecule has 6 nitrogen and oxygen atoms in total. The van der Waals surface area contributed by atoms with Crippen LogP contribution in [0.1, 0.15) is 31.0 Å². The Morgan fingerprint density at radius 2 is 1.76 bits per heavy atom. The minimum atomic E-state index is -5.08. The fourth-order valence-electron chi connectivity index (χ4n) is 3.32. The predicted octanol–water partition coefficient (Wildman–Crippen LogP) is 5.57. The number of methoxy groups -OCH3 is 2. The van der Waals surface area contributed by atoms with Crippen LogP contribution in [0.2, 0.25) is 0 Å². The molecule has 0 aliphatic heterocycles. The fourth-order valence-corrected chi connectivity index (χ4v) is 3.32. The van der Waals surface area contributed by atoms with Gasteiger partial charge in [-0.3, -0.25) is 0 Å². The van der Waals surface area contributed by atoms with Crippen LogP contribution in [0.4, 0.5) is 13.2 Å². The summed E-state index contributed by atoms with van der Waals surface area (Å²) < 4.78 is 44.8. The second-order valence-electron chi connectivity index (χ2n) is 7.42. The molecule has 1 N–H and O–H groups in total. The normalized spacial score (nSPS) is 11.0. The van der Waals surface area contributed by atoms with Gasteiger partial charge in [0.25, 0.3) is 0 Å². The summed E-state index contributed by atoms with van der Waals surface area (Å²) in [5, 5.41) is 7.12. The number of aryl methyl sites for hydroxylation is 2. The van der Waals surface area contributed by atoms with E-state index in [1.54, 1.807) is 14.2 Å². The first-order chi connectivity index (χ1) is 15.6. The van der Waals surface area contributed by atoms with Gasteiger partial charge in [0.1, 0.15) is 11.5 Å². The molecule has 0 radical (unpaired) electrons. The lowest BCUT2D eigenvalue weighted by Crippen LogP contribution is -2.21. The molecule has 178 valence electrons. The molecular formula is C24H27F3N2O4. The summed E-state index contributed by atoms with van der Waals surface area (Å²) in [6.45, 7) is 5.28. The quantitative estimate of drug-likeness (QED) is 0.495. The van der Waals surface area contributed by atoms with Crippen molar-refractivity contribution in [1.82, 2.24) is 9.55 Å². The van der Waals surface area contributed by atoms with Crippen LogP contribution in [-0.2, 0) is 17.8 Å². The second-order valence-corrected chi connectivity index (χ2v) is 7.42. The fraction of sp³-hybridized carbons (Fsp3) is 0.333. The summed E-state index contributed by atoms with van der Waals surface area (Å²) in [7, 11) is 3.41. The molecule has 2 aromatic carbocycles. The topological polar surface area (TPSA) is 73.6 Å². The van der Waals surface area contributed by atoms with Gasteiger partial charge in [-0.1, -0.05) is 44.2 Å². The monoisotopic (exact) mass is 464 g/mol. The minimum absolute atomic E-state index is 0.372. The lowest BCUT2D eigenvalue weighted by molar-refractivity contribution is -0.192. The number of para-hydroxylation sites is 1. The lowest BCUT2D eigenvalue weighted by Gasteiger charge is -2.14. The van der Waals surface area contributed by atoms with E-state index < -0.39 is 12.1 Å². The van der Waals surface area contributed by atoms with Crippen molar-refractivity contribution in [1.29, 1.82) is 0 Å². The van der Waals surface area contributed by atoms with E-state index in [2.05, 4.69) is 36.6 Å². The Labute approximate surface area is 190 Å². The van der Waals surface area contributed by atoms with Crippen LogP contribution in [0.25, 0.3) is 11.3 Å². The van der Waals surface area contributed by atoms with E-state index in [0.717, 1.165) is 35.7 Å². The van der Waals surface area contributed by atoms with E-state index >= 15 is 0 Å². The van der Waals surface area contributed by atoms with Gasteiger partial charge in [0, 0.05) is 17.8 Å². The third-order valence-electron chi connectivity index (χ3n) is 4.83. The maximum atomic E-state index is 10.6. The zero-order chi connectivity index (χ0) is 24.6. The first-order valence-corrected chi connectivity index (χ1v) is 10.2. The molecule has 0 atom stereocenters. The average molecular weight is 464 g/mol. The number of benzene rings is 2. The number of imidazole rings is 1. The molecule has 0 unspecified atom stereocenters. The number of carbonyl (C=O) groups is 1. The summed E-state index contributed by atoms with van der Waals surface area (Å²) in [5.74, 6) is -0.601. The molecule has 0 bridgehead atoms. The summed E-state index contributed by atoms with van der Waals surface area (Å²) in [4.78, 5) is 13.6. The van der Waals surface area contributed by atoms with E-state index in [9.17, 15) is 13.2 Å². The summed E-state index contributed by atoms with van der Waals surface area (Å²) in [5.41, 5.74) is 4.57. The van der Waals surface area contributed by atoms with Gasteiger partial charge in [0.2, 0.25) is 0 Å². The van der Waals surface area contributed by atoms with Crippen molar-refractivity contribution < 1.29 is 32.5 Å². The van der Waals surface area contributed by atoms with Gasteiger partial charge < -0.3 is 19.1 Å². The van der Waals surface area contributed by atoms with Gasteiger partial charge >= 0.3 is 12.1 Å². The number of rotatable bonds is 7. The number of nitrogens with zero attached hydrogens (tertiary/aromatic N) is 2. The third-order valence-corrected chi connectivity index (χ3v) is 4.83. The molecule has 33 heavy (non-hydrogen) atoms. The highest BCUT2D eigenvalue weighted by Gasteiger charge is 2.38. The number of hydrogen-bond donors (Lipinski definition) is 1. The highest BCUT2D eigenvalue weighted by molar-refractivity contribution is 5.73. The van der Waals surface area contributed by atoms with Crippen molar-refractivity contribution in [2.75, 3.05) is 14.2 Å². The van der Waals surface area contributed by atoms with Crippen molar-refractivity contribution in [3.05, 3.63) is 66.1 Å². The first kappa shape index (κ1) is 25.8. The van der Waals surface area contributed by atoms with Crippen LogP contribution in [-0.4, -0.2) is 41.0 Å². The zero-order valence-electron chi connectivity index (χ0n) is 18.9. The molecule has 3 aromatic rings. The smallest absolute Gasteiger partial charge is 0.490 e. The molecule has 0 aliphatic rings. The molecule has 0 saturated carbocycles. The van der Waals surface area contributed by atoms with Crippen molar-refractivity contribution in [3.63, 3.8) is 0 Å². The maximum absolute atomic E-state index is 10.6. The summed E-state index contributed by atoms with van der Waals surface area (Å²) in [6.07, 6.45) is -2.24. The summed E-state index contributed by atoms with van der Waals surface area (Å²) >= 11 is 0. The summed E-state index contributed by atoms with van der Waals surface area (Å²) in [6, 6.07) is 16.3. The van der Waals surface area contributed by atoms with Crippen LogP contribution in [0.3, 0.4) is 0 Å². The Bertz CT molecular complexity index is 1060. The molecule has 0 spiro atoms. The third kappa shape index (κ3) is 7.00. The van der Waals surface area contributed by atoms with Crippen molar-refractivity contribution in [2.45, 2.75) is 38.9 Å². The van der Waals surface area contributed by atoms with E-state index in [-0.39, 0.29) is 0 Å². The van der Waals surface area contributed by atoms with E-state index in [1.165, 1.54) is 11.3 Å². The molecule has 0 fully saturated rings. The van der Waals surface area contributed by atoms with E-state index in [0.29, 0.717) is 5.92 Å². The Balaban J connectivity index is 0.000000479. The zero-order valence-corrected chi connectivity index (χ0v) is 18.9. The highest BCUT2D eigenvalue weighted by Crippen LogP contribution is 2.30. The Morgan fingerprint density at radius 3 is 2.33 bits per heavy atom. The first-order valence-electron chi connectivity index (χ1n) is 10.2. The molecule has 0 amide bonds. The number of carboxylic acids is 1. The number of ether oxygens (including phenoxy) is 2. The van der Waals surface area contributed by atoms with Gasteiger partial charge in [-0.2, -0.15) is 13.2 Å². The predicted molar refractivity (Wildman–Crippen MR) is 119 cm³/mol. The molecule has 0 saturated heterocycles. The molecule has 9 heteroatoms. The van der Waals surface area contributed by atoms with Crippen LogP contribution in [0.15, 0.2) is 54.9 Å². The van der Waals surface area contributed by atoms with Gasteiger partial charge in [0.15, 0.2) is 0 Å². The van der Waals surface area contributed by atoms with Crippen molar-refractivity contribution in [3.8, 4) is 22.8 Å². The van der Waals surface area contributed by atoms with Crippen LogP contribution >= 0.6 is 0 Å². The molecule has 1 heterocycles. The molecular weight excluding hydrogens is 437 g/mol. The molecule has 0 aliphatic carbocycles. The van der Waals surface area contributed by atoms with Crippen LogP contribution in [0.5, 0.6) is 11.5 Å². The number of carboxylic acid groups (broad SMARTS) is 1. The van der Waals surface area contributed by atoms with Gasteiger partial charge in [-0.05, 0) is 36.1 Å². The number of alkyl halides is 3. The SMILES string of the molecule is COc1cccc(-c2ncn(CCc3ccccc3OC)c2C(C)C)c1.O=C(O)C(F)(F)F. The molecule has 1 aromatic heterocycles. The Morgan fingerprint density at radius 1 is 1.09 bits per heavy atom. The number of hydrogen-bond acceptors (Lipinski definition) is 4. The number of halogens is 3. The number of aliphatic carboxylic acids is 1. The highest BCUT2D eigenvalue weighted by atomic mass is 19.4. The van der Waals surface area contributed by atoms with Gasteiger partial charge in [0.05, 0.1) is 26.2 Å². The van der Waals surface area contributed by atoms with E-state index in [4.69, 9.17) is 24.4 Å². The van der Waals surface area contributed by atoms with Crippen molar-refractivity contribution >= 4 is 5.97 Å². The standard InChI is InChI=1S/C22H26N2O2.C2HF3O2/c1-16(2)22-21(18-9-7-10-19(14-18)25-3)23-15-24(22)13-12-17-8-5-6-11-20(17)26-4;3-2(4,5)1(6)7/h5-11,14-16H,12-13H2,1-4H3;(H,6,7). The van der Waals surface area contributed by atoms with Crippen LogP contribution in [0, 0.1) is 0 Å².